The van der Waals surface area contributed by atoms with Crippen LogP contribution in [-0.4, -0.2) is 36.9 Å². The Hall–Kier alpha value is -0.820. The Kier molecular flexibility index (Phi) is 22.4. The maximum atomic E-state index is 12.0. The molecule has 1 atom stereocenters. The van der Waals surface area contributed by atoms with Gasteiger partial charge in [0.1, 0.15) is 0 Å². The number of carbonyl (C=O) groups excluding carboxylic acids is 2. The number of allylic oxidation sites excluding steroid dienone is 1. The summed E-state index contributed by atoms with van der Waals surface area (Å²) in [6, 6.07) is 0. The van der Waals surface area contributed by atoms with Crippen LogP contribution in [-0.2, 0) is 19.1 Å². The number of hydrogen-bond acceptors (Lipinski definition) is 6. The van der Waals surface area contributed by atoms with Crippen LogP contribution in [0.25, 0.3) is 0 Å². The van der Waals surface area contributed by atoms with Crippen LogP contribution < -0.4 is 34.7 Å². The van der Waals surface area contributed by atoms with Crippen LogP contribution in [0.4, 0.5) is 0 Å². The van der Waals surface area contributed by atoms with Crippen LogP contribution in [0, 0.1) is 0 Å². The number of carbonyl (C=O) groups is 2. The van der Waals surface area contributed by atoms with Crippen LogP contribution in [0.3, 0.4) is 0 Å². The molecule has 0 aromatic heterocycles. The topological polar surface area (TPSA) is 95.9 Å². The Bertz CT molecular complexity index is 516. The first-order chi connectivity index (χ1) is 14.0. The molecule has 0 heterocycles. The Morgan fingerprint density at radius 2 is 1.63 bits per heavy atom. The molecule has 168 valence electrons. The van der Waals surface area contributed by atoms with Crippen LogP contribution in [0.15, 0.2) is 23.5 Å². The van der Waals surface area contributed by atoms with Crippen molar-refractivity contribution in [2.45, 2.75) is 97.0 Å². The summed E-state index contributed by atoms with van der Waals surface area (Å²) in [5.74, 6) is -2.68. The Balaban J connectivity index is 0. The third-order valence-corrected chi connectivity index (χ3v) is 4.68. The molecule has 0 fully saturated rings. The van der Waals surface area contributed by atoms with Crippen molar-refractivity contribution >= 4 is 11.9 Å². The number of hydrogen-bond donors (Lipinski definition) is 1. The molecule has 0 radical (unpaired) electrons. The SMILES string of the molecule is CCCCCCC(O)C/C=C/CCCCCC/C(C(=O)OC)=C(/[O-])C(=O)OCC.[Na+]. The second-order valence-electron chi connectivity index (χ2n) is 7.18. The van der Waals surface area contributed by atoms with Gasteiger partial charge in [0, 0.05) is 5.57 Å². The first-order valence-electron chi connectivity index (χ1n) is 11.0. The van der Waals surface area contributed by atoms with E-state index in [0.29, 0.717) is 12.8 Å². The standard InChI is InChI=1S/C23H40O6.Na/c1-4-6-7-13-16-19(24)17-14-11-9-8-10-12-15-18-20(22(26)28-3)21(25)23(27)29-5-2;/h11,14,19,24-25H,4-10,12-13,15-18H2,1-3H3;/q;+1/p-1/b14-11+,21-20-;. The van der Waals surface area contributed by atoms with E-state index in [-0.39, 0.29) is 54.3 Å². The van der Waals surface area contributed by atoms with Crippen molar-refractivity contribution in [2.24, 2.45) is 0 Å². The van der Waals surface area contributed by atoms with Gasteiger partial charge in [0.15, 0.2) is 0 Å². The number of esters is 2. The summed E-state index contributed by atoms with van der Waals surface area (Å²) < 4.78 is 9.27. The van der Waals surface area contributed by atoms with Crippen LogP contribution in [0.5, 0.6) is 0 Å². The number of ether oxygens (including phenoxy) is 2. The van der Waals surface area contributed by atoms with E-state index in [2.05, 4.69) is 22.5 Å². The van der Waals surface area contributed by atoms with Gasteiger partial charge >= 0.3 is 41.5 Å². The molecule has 0 saturated heterocycles. The number of aliphatic hydroxyl groups excluding tert-OH is 1. The average Bonchev–Trinajstić information content (AvgIpc) is 2.71. The van der Waals surface area contributed by atoms with Gasteiger partial charge in [-0.15, -0.1) is 0 Å². The average molecular weight is 435 g/mol. The monoisotopic (exact) mass is 434 g/mol. The van der Waals surface area contributed by atoms with E-state index in [4.69, 9.17) is 0 Å². The van der Waals surface area contributed by atoms with Gasteiger partial charge in [-0.2, -0.15) is 0 Å². The summed E-state index contributed by atoms with van der Waals surface area (Å²) in [4.78, 5) is 23.3. The first kappa shape index (κ1) is 31.4. The van der Waals surface area contributed by atoms with Crippen molar-refractivity contribution in [3.05, 3.63) is 23.5 Å². The van der Waals surface area contributed by atoms with Gasteiger partial charge in [-0.05, 0) is 51.2 Å². The fourth-order valence-electron chi connectivity index (χ4n) is 2.96. The van der Waals surface area contributed by atoms with Crippen molar-refractivity contribution in [3.63, 3.8) is 0 Å². The van der Waals surface area contributed by atoms with E-state index in [0.717, 1.165) is 38.5 Å². The molecule has 0 saturated carbocycles. The molecule has 0 spiro atoms. The van der Waals surface area contributed by atoms with Crippen molar-refractivity contribution in [1.82, 2.24) is 0 Å². The fraction of sp³-hybridized carbons (Fsp3) is 0.739. The number of methoxy groups -OCH3 is 1. The molecule has 0 aromatic carbocycles. The van der Waals surface area contributed by atoms with Gasteiger partial charge in [-0.25, -0.2) is 9.59 Å². The van der Waals surface area contributed by atoms with Crippen molar-refractivity contribution in [2.75, 3.05) is 13.7 Å². The maximum absolute atomic E-state index is 12.0. The molecule has 1 unspecified atom stereocenters. The van der Waals surface area contributed by atoms with Crippen molar-refractivity contribution in [3.8, 4) is 0 Å². The third kappa shape index (κ3) is 15.9. The fourth-order valence-corrected chi connectivity index (χ4v) is 2.96. The molecular formula is C23H39NaO6. The van der Waals surface area contributed by atoms with E-state index in [1.807, 2.05) is 6.08 Å². The zero-order chi connectivity index (χ0) is 21.9. The van der Waals surface area contributed by atoms with Gasteiger partial charge < -0.3 is 19.7 Å². The van der Waals surface area contributed by atoms with Gasteiger partial charge in [-0.1, -0.05) is 57.6 Å². The van der Waals surface area contributed by atoms with E-state index in [9.17, 15) is 19.8 Å². The third-order valence-electron chi connectivity index (χ3n) is 4.68. The summed E-state index contributed by atoms with van der Waals surface area (Å²) in [6.07, 6.45) is 14.8. The predicted molar refractivity (Wildman–Crippen MR) is 112 cm³/mol. The first-order valence-corrected chi connectivity index (χ1v) is 11.0. The molecule has 6 nitrogen and oxygen atoms in total. The number of aliphatic hydroxyl groups is 1. The quantitative estimate of drug-likeness (QED) is 0.0915. The molecule has 0 rings (SSSR count). The normalized spacial score (nSPS) is 12.8. The zero-order valence-electron chi connectivity index (χ0n) is 19.4. The summed E-state index contributed by atoms with van der Waals surface area (Å²) in [6.45, 7) is 3.87. The smallest absolute Gasteiger partial charge is 0.867 e. The molecule has 0 aromatic rings. The Morgan fingerprint density at radius 3 is 2.27 bits per heavy atom. The summed E-state index contributed by atoms with van der Waals surface area (Å²) in [5, 5.41) is 21.9. The van der Waals surface area contributed by atoms with E-state index >= 15 is 0 Å². The second-order valence-corrected chi connectivity index (χ2v) is 7.18. The van der Waals surface area contributed by atoms with Gasteiger partial charge in [0.25, 0.3) is 0 Å². The van der Waals surface area contributed by atoms with Gasteiger partial charge in [-0.3, -0.25) is 0 Å². The minimum atomic E-state index is -1.01. The van der Waals surface area contributed by atoms with Crippen LogP contribution in [0.1, 0.15) is 90.9 Å². The second kappa shape index (κ2) is 21.4. The van der Waals surface area contributed by atoms with E-state index < -0.39 is 17.7 Å². The predicted octanol–water partition coefficient (Wildman–Crippen LogP) is 0.959. The van der Waals surface area contributed by atoms with Crippen molar-refractivity contribution < 1.29 is 58.8 Å². The van der Waals surface area contributed by atoms with Gasteiger partial charge in [0.05, 0.1) is 19.8 Å². The molecule has 0 bridgehead atoms. The summed E-state index contributed by atoms with van der Waals surface area (Å²) >= 11 is 0. The van der Waals surface area contributed by atoms with Crippen LogP contribution >= 0.6 is 0 Å². The number of unbranched alkanes of at least 4 members (excludes halogenated alkanes) is 7. The molecule has 1 N–H and O–H groups in total. The Labute approximate surface area is 204 Å². The van der Waals surface area contributed by atoms with Crippen LogP contribution in [0.2, 0.25) is 0 Å². The molecule has 7 heteroatoms. The molecular weight excluding hydrogens is 395 g/mol. The van der Waals surface area contributed by atoms with E-state index in [1.54, 1.807) is 6.92 Å². The minimum Gasteiger partial charge on any atom is -0.867 e. The van der Waals surface area contributed by atoms with Gasteiger partial charge in [0.2, 0.25) is 0 Å². The Morgan fingerprint density at radius 1 is 0.967 bits per heavy atom. The molecule has 0 aliphatic carbocycles. The number of rotatable bonds is 17. The molecule has 0 aliphatic heterocycles. The molecule has 0 aliphatic rings. The largest absolute Gasteiger partial charge is 1.00 e. The minimum absolute atomic E-state index is 0. The maximum Gasteiger partial charge on any atom is 1.00 e. The zero-order valence-corrected chi connectivity index (χ0v) is 21.4. The summed E-state index contributed by atoms with van der Waals surface area (Å²) in [7, 11) is 1.19. The summed E-state index contributed by atoms with van der Waals surface area (Å²) in [5.41, 5.74) is -0.140. The van der Waals surface area contributed by atoms with Crippen molar-refractivity contribution in [1.29, 1.82) is 0 Å². The molecule has 30 heavy (non-hydrogen) atoms. The van der Waals surface area contributed by atoms with E-state index in [1.165, 1.54) is 26.4 Å². The molecule has 0 amide bonds.